The number of hydrogen-bond donors (Lipinski definition) is 1. The van der Waals surface area contributed by atoms with Gasteiger partial charge in [-0.05, 0) is 29.3 Å². The van der Waals surface area contributed by atoms with Crippen LogP contribution in [0, 0.1) is 0 Å². The number of carbonyl (C=O) groups excluding carboxylic acids is 1. The zero-order valence-electron chi connectivity index (χ0n) is 13.9. The van der Waals surface area contributed by atoms with Crippen molar-refractivity contribution in [3.63, 3.8) is 0 Å². The first-order valence-electron chi connectivity index (χ1n) is 8.00. The zero-order valence-corrected chi connectivity index (χ0v) is 15.4. The summed E-state index contributed by atoms with van der Waals surface area (Å²) in [4.78, 5) is 12.1. The summed E-state index contributed by atoms with van der Waals surface area (Å²) in [6.45, 7) is 0.971. The zero-order chi connectivity index (χ0) is 18.4. The Morgan fingerprint density at radius 1 is 1.08 bits per heavy atom. The Balaban J connectivity index is 1.53. The number of aromatic nitrogens is 2. The second kappa shape index (κ2) is 8.74. The fraction of sp³-hybridized carbons (Fsp3) is 0.158. The van der Waals surface area contributed by atoms with Crippen molar-refractivity contribution in [2.45, 2.75) is 13.1 Å². The van der Waals surface area contributed by atoms with Crippen LogP contribution in [0.1, 0.15) is 11.1 Å². The molecule has 3 rings (SSSR count). The van der Waals surface area contributed by atoms with E-state index in [0.717, 1.165) is 11.1 Å². The molecule has 0 unspecified atom stereocenters. The van der Waals surface area contributed by atoms with Gasteiger partial charge in [0.2, 0.25) is 0 Å². The highest BCUT2D eigenvalue weighted by atomic mass is 35.5. The molecule has 1 aromatic heterocycles. The number of halogens is 2. The van der Waals surface area contributed by atoms with Gasteiger partial charge in [-0.3, -0.25) is 9.48 Å². The van der Waals surface area contributed by atoms with Gasteiger partial charge in [-0.1, -0.05) is 47.5 Å². The van der Waals surface area contributed by atoms with E-state index in [1.807, 2.05) is 41.2 Å². The van der Waals surface area contributed by atoms with E-state index in [-0.39, 0.29) is 12.5 Å². The van der Waals surface area contributed by atoms with Crippen LogP contribution in [0.3, 0.4) is 0 Å². The fourth-order valence-corrected chi connectivity index (χ4v) is 2.70. The third-order valence-corrected chi connectivity index (χ3v) is 4.49. The van der Waals surface area contributed by atoms with E-state index in [4.69, 9.17) is 27.9 Å². The Kier molecular flexibility index (Phi) is 6.15. The van der Waals surface area contributed by atoms with Crippen molar-refractivity contribution in [2.75, 3.05) is 6.61 Å². The van der Waals surface area contributed by atoms with Gasteiger partial charge in [0.25, 0.3) is 5.91 Å². The van der Waals surface area contributed by atoms with Crippen LogP contribution in [0.5, 0.6) is 5.75 Å². The second-order valence-corrected chi connectivity index (χ2v) is 6.43. The average Bonchev–Trinajstić information content (AvgIpc) is 3.15. The summed E-state index contributed by atoms with van der Waals surface area (Å²) in [6, 6.07) is 14.7. The lowest BCUT2D eigenvalue weighted by atomic mass is 10.1. The van der Waals surface area contributed by atoms with Gasteiger partial charge in [-0.2, -0.15) is 5.10 Å². The average molecular weight is 390 g/mol. The highest BCUT2D eigenvalue weighted by Gasteiger charge is 2.07. The first-order chi connectivity index (χ1) is 12.6. The minimum atomic E-state index is -0.218. The summed E-state index contributed by atoms with van der Waals surface area (Å²) in [5.41, 5.74) is 2.13. The van der Waals surface area contributed by atoms with Crippen LogP contribution in [0.15, 0.2) is 60.9 Å². The van der Waals surface area contributed by atoms with Crippen LogP contribution < -0.4 is 10.1 Å². The molecule has 0 fully saturated rings. The predicted octanol–water partition coefficient (Wildman–Crippen LogP) is 3.93. The molecule has 0 radical (unpaired) electrons. The number of hydrogen-bond acceptors (Lipinski definition) is 3. The number of ether oxygens (including phenoxy) is 1. The highest BCUT2D eigenvalue weighted by molar-refractivity contribution is 6.42. The Hall–Kier alpha value is -2.50. The molecule has 0 aliphatic heterocycles. The van der Waals surface area contributed by atoms with Crippen LogP contribution in [0.25, 0.3) is 0 Å². The molecule has 0 saturated heterocycles. The van der Waals surface area contributed by atoms with E-state index in [1.54, 1.807) is 24.4 Å². The molecule has 26 heavy (non-hydrogen) atoms. The molecule has 1 heterocycles. The monoisotopic (exact) mass is 389 g/mol. The van der Waals surface area contributed by atoms with Gasteiger partial charge in [-0.15, -0.1) is 0 Å². The van der Waals surface area contributed by atoms with Gasteiger partial charge < -0.3 is 10.1 Å². The van der Waals surface area contributed by atoms with E-state index in [0.29, 0.717) is 28.9 Å². The van der Waals surface area contributed by atoms with Crippen LogP contribution in [0.2, 0.25) is 10.0 Å². The summed E-state index contributed by atoms with van der Waals surface area (Å²) >= 11 is 11.8. The van der Waals surface area contributed by atoms with E-state index < -0.39 is 0 Å². The van der Waals surface area contributed by atoms with Crippen LogP contribution in [-0.4, -0.2) is 22.3 Å². The standard InChI is InChI=1S/C19H17Cl2N3O2/c20-17-7-6-16(10-18(17)21)26-13-19(25)22-11-14-4-1-2-5-15(14)12-24-9-3-8-23-24/h1-10H,11-13H2,(H,22,25). The molecule has 3 aromatic rings. The lowest BCUT2D eigenvalue weighted by molar-refractivity contribution is -0.123. The molecule has 0 aliphatic carbocycles. The number of nitrogens with one attached hydrogen (secondary N) is 1. The first-order valence-corrected chi connectivity index (χ1v) is 8.76. The van der Waals surface area contributed by atoms with Gasteiger partial charge in [0, 0.05) is 25.0 Å². The normalized spacial score (nSPS) is 10.5. The maximum absolute atomic E-state index is 12.1. The third-order valence-electron chi connectivity index (χ3n) is 3.75. The van der Waals surface area contributed by atoms with Gasteiger partial charge in [-0.25, -0.2) is 0 Å². The van der Waals surface area contributed by atoms with Crippen molar-refractivity contribution in [3.8, 4) is 5.75 Å². The molecule has 1 amide bonds. The first kappa shape index (κ1) is 18.3. The van der Waals surface area contributed by atoms with Crippen molar-refractivity contribution in [2.24, 2.45) is 0 Å². The molecule has 0 spiro atoms. The number of carbonyl (C=O) groups is 1. The summed E-state index contributed by atoms with van der Waals surface area (Å²) in [7, 11) is 0. The number of nitrogens with zero attached hydrogens (tertiary/aromatic N) is 2. The van der Waals surface area contributed by atoms with Gasteiger partial charge in [0.15, 0.2) is 6.61 Å². The van der Waals surface area contributed by atoms with E-state index in [2.05, 4.69) is 10.4 Å². The van der Waals surface area contributed by atoms with Gasteiger partial charge in [0.1, 0.15) is 5.75 Å². The van der Waals surface area contributed by atoms with Crippen LogP contribution >= 0.6 is 23.2 Å². The van der Waals surface area contributed by atoms with Crippen molar-refractivity contribution < 1.29 is 9.53 Å². The Bertz CT molecular complexity index is 882. The lowest BCUT2D eigenvalue weighted by Crippen LogP contribution is -2.28. The van der Waals surface area contributed by atoms with Gasteiger partial charge in [0.05, 0.1) is 16.6 Å². The summed E-state index contributed by atoms with van der Waals surface area (Å²) in [6.07, 6.45) is 3.64. The van der Waals surface area contributed by atoms with Crippen molar-refractivity contribution in [1.29, 1.82) is 0 Å². The minimum absolute atomic E-state index is 0.0979. The molecule has 7 heteroatoms. The molecule has 5 nitrogen and oxygen atoms in total. The minimum Gasteiger partial charge on any atom is -0.484 e. The maximum Gasteiger partial charge on any atom is 0.258 e. The molecule has 1 N–H and O–H groups in total. The highest BCUT2D eigenvalue weighted by Crippen LogP contribution is 2.26. The molecule has 2 aromatic carbocycles. The Morgan fingerprint density at radius 2 is 1.88 bits per heavy atom. The molecule has 0 saturated carbocycles. The predicted molar refractivity (Wildman–Crippen MR) is 102 cm³/mol. The molecular weight excluding hydrogens is 373 g/mol. The van der Waals surface area contributed by atoms with Gasteiger partial charge >= 0.3 is 0 Å². The van der Waals surface area contributed by atoms with Crippen molar-refractivity contribution >= 4 is 29.1 Å². The Morgan fingerprint density at radius 3 is 2.62 bits per heavy atom. The summed E-state index contributed by atoms with van der Waals surface area (Å²) in [5.74, 6) is 0.276. The van der Waals surface area contributed by atoms with Crippen molar-refractivity contribution in [3.05, 3.63) is 82.1 Å². The van der Waals surface area contributed by atoms with E-state index in [1.165, 1.54) is 0 Å². The smallest absolute Gasteiger partial charge is 0.258 e. The Labute approximate surface area is 161 Å². The van der Waals surface area contributed by atoms with E-state index in [9.17, 15) is 4.79 Å². The number of benzene rings is 2. The molecule has 0 atom stereocenters. The third kappa shape index (κ3) is 5.00. The quantitative estimate of drug-likeness (QED) is 0.665. The number of rotatable bonds is 7. The van der Waals surface area contributed by atoms with Crippen LogP contribution in [0.4, 0.5) is 0 Å². The summed E-state index contributed by atoms with van der Waals surface area (Å²) < 4.78 is 7.28. The molecule has 0 aliphatic rings. The fourth-order valence-electron chi connectivity index (χ4n) is 2.41. The SMILES string of the molecule is O=C(COc1ccc(Cl)c(Cl)c1)NCc1ccccc1Cn1cccn1. The van der Waals surface area contributed by atoms with E-state index >= 15 is 0 Å². The van der Waals surface area contributed by atoms with Crippen molar-refractivity contribution in [1.82, 2.24) is 15.1 Å². The maximum atomic E-state index is 12.1. The molecular formula is C19H17Cl2N3O2. The second-order valence-electron chi connectivity index (χ2n) is 5.61. The topological polar surface area (TPSA) is 56.1 Å². The molecule has 134 valence electrons. The largest absolute Gasteiger partial charge is 0.484 e. The van der Waals surface area contributed by atoms with Crippen LogP contribution in [-0.2, 0) is 17.9 Å². The number of amides is 1. The molecule has 0 bridgehead atoms. The summed E-state index contributed by atoms with van der Waals surface area (Å²) in [5, 5.41) is 7.90. The lowest BCUT2D eigenvalue weighted by Gasteiger charge is -2.12.